The van der Waals surface area contributed by atoms with Crippen LogP contribution in [0.5, 0.6) is 0 Å². The molecule has 0 saturated carbocycles. The molecule has 0 bridgehead atoms. The molecule has 3 aromatic heterocycles. The Hall–Kier alpha value is -2.57. The van der Waals surface area contributed by atoms with Crippen LogP contribution < -0.4 is 5.14 Å². The number of fused-ring (bicyclic) bond motifs is 1. The van der Waals surface area contributed by atoms with Crippen LogP contribution >= 0.6 is 11.6 Å². The lowest BCUT2D eigenvalue weighted by molar-refractivity contribution is -0.136. The highest BCUT2D eigenvalue weighted by Gasteiger charge is 2.39. The van der Waals surface area contributed by atoms with Gasteiger partial charge >= 0.3 is 6.18 Å². The van der Waals surface area contributed by atoms with Crippen LogP contribution in [0.2, 0.25) is 5.15 Å². The number of amides is 1. The molecule has 3 aromatic rings. The smallest absolute Gasteiger partial charge is 0.420 e. The lowest BCUT2D eigenvalue weighted by Gasteiger charge is -2.38. The molecule has 0 atom stereocenters. The number of furan rings is 1. The fourth-order valence-corrected chi connectivity index (χ4v) is 4.48. The number of nitrogens with zero attached hydrogens (tertiary/aromatic N) is 3. The van der Waals surface area contributed by atoms with Gasteiger partial charge in [-0.05, 0) is 18.2 Å². The number of sulfonamides is 1. The summed E-state index contributed by atoms with van der Waals surface area (Å²) in [6, 6.07) is 3.89. The van der Waals surface area contributed by atoms with Crippen molar-refractivity contribution >= 4 is 33.2 Å². The Morgan fingerprint density at radius 3 is 2.63 bits per heavy atom. The molecule has 2 N–H and O–H groups in total. The van der Waals surface area contributed by atoms with Crippen molar-refractivity contribution < 1.29 is 30.8 Å². The zero-order chi connectivity index (χ0) is 21.8. The first kappa shape index (κ1) is 20.7. The van der Waals surface area contributed by atoms with Gasteiger partial charge in [-0.1, -0.05) is 11.6 Å². The molecule has 1 aliphatic rings. The predicted octanol–water partition coefficient (Wildman–Crippen LogP) is 2.63. The van der Waals surface area contributed by atoms with E-state index in [1.807, 2.05) is 0 Å². The van der Waals surface area contributed by atoms with E-state index in [2.05, 4.69) is 4.98 Å². The molecule has 4 rings (SSSR count). The van der Waals surface area contributed by atoms with Crippen molar-refractivity contribution in [3.05, 3.63) is 47.1 Å². The maximum atomic E-state index is 13.6. The molecule has 160 valence electrons. The topological polar surface area (TPSA) is 111 Å². The van der Waals surface area contributed by atoms with E-state index >= 15 is 0 Å². The number of carbonyl (C=O) groups excluding carboxylic acids is 1. The number of primary sulfonamides is 1. The Morgan fingerprint density at radius 2 is 2.07 bits per heavy atom. The van der Waals surface area contributed by atoms with E-state index < -0.39 is 33.3 Å². The van der Waals surface area contributed by atoms with Crippen molar-refractivity contribution in [2.45, 2.75) is 6.18 Å². The quantitative estimate of drug-likeness (QED) is 0.640. The van der Waals surface area contributed by atoms with Gasteiger partial charge in [-0.3, -0.25) is 9.20 Å². The van der Waals surface area contributed by atoms with E-state index in [1.165, 1.54) is 29.5 Å². The number of likely N-dealkylation sites (tertiary alicyclic amines) is 1. The van der Waals surface area contributed by atoms with Gasteiger partial charge in [-0.2, -0.15) is 13.2 Å². The number of hydrogen-bond acceptors (Lipinski definition) is 5. The molecule has 13 heteroatoms. The summed E-state index contributed by atoms with van der Waals surface area (Å²) in [5, 5.41) is 4.69. The number of nitrogens with two attached hydrogens (primary N) is 1. The van der Waals surface area contributed by atoms with Gasteiger partial charge in [0.05, 0.1) is 17.6 Å². The first-order valence-corrected chi connectivity index (χ1v) is 10.7. The average molecular weight is 463 g/mol. The number of halogens is 4. The lowest BCUT2D eigenvalue weighted by atomic mass is 10.0. The third-order valence-electron chi connectivity index (χ3n) is 4.69. The third kappa shape index (κ3) is 3.77. The minimum absolute atomic E-state index is 0.0865. The van der Waals surface area contributed by atoms with E-state index in [0.717, 1.165) is 10.5 Å². The number of aromatic nitrogens is 2. The standard InChI is InChI=1S/C17H14ClF3N4O4S/c18-14-13(16(26)24-5-9(6-24)8-30(22,27)28)23-15-11(17(19,20)21)4-10(7-25(14)15)12-2-1-3-29-12/h1-4,7,9H,5-6,8H2,(H2,22,27,28). The van der Waals surface area contributed by atoms with E-state index in [4.69, 9.17) is 21.2 Å². The summed E-state index contributed by atoms with van der Waals surface area (Å²) in [4.78, 5) is 17.8. The summed E-state index contributed by atoms with van der Waals surface area (Å²) < 4.78 is 69.3. The van der Waals surface area contributed by atoms with Crippen LogP contribution in [-0.2, 0) is 16.2 Å². The van der Waals surface area contributed by atoms with Crippen molar-refractivity contribution in [2.24, 2.45) is 11.1 Å². The van der Waals surface area contributed by atoms with Crippen LogP contribution in [0.3, 0.4) is 0 Å². The fourth-order valence-electron chi connectivity index (χ4n) is 3.36. The zero-order valence-electron chi connectivity index (χ0n) is 15.1. The highest BCUT2D eigenvalue weighted by Crippen LogP contribution is 2.37. The highest BCUT2D eigenvalue weighted by molar-refractivity contribution is 7.89. The first-order chi connectivity index (χ1) is 13.9. The van der Waals surface area contributed by atoms with Crippen LogP contribution in [0, 0.1) is 5.92 Å². The van der Waals surface area contributed by atoms with Crippen molar-refractivity contribution in [1.29, 1.82) is 0 Å². The number of carbonyl (C=O) groups is 1. The minimum Gasteiger partial charge on any atom is -0.464 e. The molecule has 4 heterocycles. The lowest BCUT2D eigenvalue weighted by Crippen LogP contribution is -2.53. The minimum atomic E-state index is -4.75. The molecule has 0 radical (unpaired) electrons. The van der Waals surface area contributed by atoms with Crippen molar-refractivity contribution in [3.63, 3.8) is 0 Å². The van der Waals surface area contributed by atoms with E-state index in [9.17, 15) is 26.4 Å². The second kappa shape index (κ2) is 7.00. The largest absolute Gasteiger partial charge is 0.464 e. The summed E-state index contributed by atoms with van der Waals surface area (Å²) in [7, 11) is -3.69. The van der Waals surface area contributed by atoms with E-state index in [0.29, 0.717) is 0 Å². The molecular formula is C17H14ClF3N4O4S. The molecule has 1 fully saturated rings. The monoisotopic (exact) mass is 462 g/mol. The Labute approximate surface area is 173 Å². The number of imidazole rings is 1. The van der Waals surface area contributed by atoms with Crippen molar-refractivity contribution in [2.75, 3.05) is 18.8 Å². The molecule has 1 saturated heterocycles. The number of hydrogen-bond donors (Lipinski definition) is 1. The fraction of sp³-hybridized carbons (Fsp3) is 0.294. The molecule has 0 aromatic carbocycles. The van der Waals surface area contributed by atoms with Crippen LogP contribution in [-0.4, -0.2) is 47.5 Å². The molecule has 1 amide bonds. The molecule has 1 aliphatic heterocycles. The normalized spacial score (nSPS) is 15.6. The summed E-state index contributed by atoms with van der Waals surface area (Å²) in [5.41, 5.74) is -1.84. The molecule has 0 aliphatic carbocycles. The van der Waals surface area contributed by atoms with Gasteiger partial charge in [-0.25, -0.2) is 18.5 Å². The Kier molecular flexibility index (Phi) is 4.83. The second-order valence-corrected chi connectivity index (χ2v) is 8.99. The van der Waals surface area contributed by atoms with Crippen molar-refractivity contribution in [1.82, 2.24) is 14.3 Å². The summed E-state index contributed by atoms with van der Waals surface area (Å²) in [6.45, 7) is 0.173. The average Bonchev–Trinajstić information content (AvgIpc) is 3.23. The van der Waals surface area contributed by atoms with Crippen LogP contribution in [0.15, 0.2) is 35.1 Å². The van der Waals surface area contributed by atoms with Crippen molar-refractivity contribution in [3.8, 4) is 11.3 Å². The molecule has 0 unspecified atom stereocenters. The van der Waals surface area contributed by atoms with Gasteiger partial charge in [0.1, 0.15) is 10.9 Å². The Morgan fingerprint density at radius 1 is 1.37 bits per heavy atom. The van der Waals surface area contributed by atoms with Crippen LogP contribution in [0.4, 0.5) is 13.2 Å². The van der Waals surface area contributed by atoms with Crippen LogP contribution in [0.25, 0.3) is 17.0 Å². The van der Waals surface area contributed by atoms with E-state index in [1.54, 1.807) is 0 Å². The Bertz CT molecular complexity index is 1230. The van der Waals surface area contributed by atoms with Gasteiger partial charge in [0.25, 0.3) is 5.91 Å². The van der Waals surface area contributed by atoms with Gasteiger partial charge in [0.2, 0.25) is 10.0 Å². The summed E-state index contributed by atoms with van der Waals surface area (Å²) in [5.74, 6) is -1.15. The second-order valence-electron chi connectivity index (χ2n) is 6.97. The summed E-state index contributed by atoms with van der Waals surface area (Å²) >= 11 is 6.21. The molecule has 30 heavy (non-hydrogen) atoms. The van der Waals surface area contributed by atoms with E-state index in [-0.39, 0.29) is 46.9 Å². The SMILES string of the molecule is NS(=O)(=O)CC1CN(C(=O)c2nc3c(C(F)(F)F)cc(-c4ccco4)cn3c2Cl)C1. The first-order valence-electron chi connectivity index (χ1n) is 8.56. The molecular weight excluding hydrogens is 449 g/mol. The number of alkyl halides is 3. The van der Waals surface area contributed by atoms with Gasteiger partial charge in [0.15, 0.2) is 11.3 Å². The maximum absolute atomic E-state index is 13.6. The predicted molar refractivity (Wildman–Crippen MR) is 100 cm³/mol. The Balaban J connectivity index is 1.72. The van der Waals surface area contributed by atoms with Crippen LogP contribution in [0.1, 0.15) is 16.1 Å². The number of pyridine rings is 1. The molecule has 0 spiro atoms. The zero-order valence-corrected chi connectivity index (χ0v) is 16.6. The van der Waals surface area contributed by atoms with Gasteiger partial charge < -0.3 is 9.32 Å². The number of rotatable bonds is 4. The highest BCUT2D eigenvalue weighted by atomic mass is 35.5. The summed E-state index contributed by atoms with van der Waals surface area (Å²) in [6.07, 6.45) is -2.13. The third-order valence-corrected chi connectivity index (χ3v) is 5.98. The van der Waals surface area contributed by atoms with Gasteiger partial charge in [-0.15, -0.1) is 0 Å². The van der Waals surface area contributed by atoms with Gasteiger partial charge in [0, 0.05) is 30.8 Å². The maximum Gasteiger partial charge on any atom is 0.420 e. The molecule has 8 nitrogen and oxygen atoms in total.